The van der Waals surface area contributed by atoms with E-state index in [0.717, 1.165) is 17.8 Å². The molecule has 0 radical (unpaired) electrons. The van der Waals surface area contributed by atoms with Crippen LogP contribution in [0.15, 0.2) is 58.8 Å². The van der Waals surface area contributed by atoms with Crippen molar-refractivity contribution in [3.8, 4) is 0 Å². The van der Waals surface area contributed by atoms with Crippen molar-refractivity contribution in [3.05, 3.63) is 82.1 Å². The number of alkyl halides is 5. The van der Waals surface area contributed by atoms with E-state index in [9.17, 15) is 35.9 Å². The SMILES string of the molecule is C=CC(=O)N1[C@H](C)CN(c2nc(=O)n3c4c(c(C5=CCC(F)(F)CC5)c(C(F)(F)F)cc24)SC[C@@H](c2ccc(F)cc2)C3)C[C@@H]1C. The number of allylic oxidation sites excluding steroid dienone is 2. The summed E-state index contributed by atoms with van der Waals surface area (Å²) in [5.41, 5.74) is -0.707. The number of nitrogens with zero attached hydrogens (tertiary/aromatic N) is 4. The van der Waals surface area contributed by atoms with Gasteiger partial charge in [0.1, 0.15) is 11.6 Å². The second-order valence-corrected chi connectivity index (χ2v) is 13.3. The van der Waals surface area contributed by atoms with Crippen LogP contribution in [0.1, 0.15) is 55.7 Å². The smallest absolute Gasteiger partial charge is 0.352 e. The molecule has 3 heterocycles. The van der Waals surface area contributed by atoms with Gasteiger partial charge in [0.2, 0.25) is 5.91 Å². The molecule has 0 spiro atoms. The molecule has 0 N–H and O–H groups in total. The fraction of sp³-hybridized carbons (Fsp3) is 0.424. The molecule has 0 bridgehead atoms. The highest BCUT2D eigenvalue weighted by atomic mass is 32.2. The van der Waals surface area contributed by atoms with Gasteiger partial charge in [-0.1, -0.05) is 24.8 Å². The van der Waals surface area contributed by atoms with Crippen LogP contribution in [0.2, 0.25) is 0 Å². The van der Waals surface area contributed by atoms with E-state index in [4.69, 9.17) is 0 Å². The van der Waals surface area contributed by atoms with Gasteiger partial charge in [-0.2, -0.15) is 18.2 Å². The summed E-state index contributed by atoms with van der Waals surface area (Å²) < 4.78 is 88.4. The Morgan fingerprint density at radius 3 is 2.37 bits per heavy atom. The maximum absolute atomic E-state index is 15.0. The number of amides is 1. The summed E-state index contributed by atoms with van der Waals surface area (Å²) in [4.78, 5) is 34.3. The number of hydrogen-bond donors (Lipinski definition) is 0. The van der Waals surface area contributed by atoms with E-state index in [-0.39, 0.29) is 88.5 Å². The van der Waals surface area contributed by atoms with E-state index in [2.05, 4.69) is 11.6 Å². The summed E-state index contributed by atoms with van der Waals surface area (Å²) in [6, 6.07) is 6.01. The summed E-state index contributed by atoms with van der Waals surface area (Å²) >= 11 is 1.14. The van der Waals surface area contributed by atoms with Crippen molar-refractivity contribution in [2.45, 2.75) is 74.7 Å². The highest BCUT2D eigenvalue weighted by molar-refractivity contribution is 7.99. The van der Waals surface area contributed by atoms with E-state index < -0.39 is 42.0 Å². The minimum atomic E-state index is -4.85. The topological polar surface area (TPSA) is 58.4 Å². The molecule has 3 atom stereocenters. The highest BCUT2D eigenvalue weighted by Crippen LogP contribution is 2.50. The van der Waals surface area contributed by atoms with Crippen LogP contribution in [0.25, 0.3) is 16.5 Å². The molecule has 6 rings (SSSR count). The summed E-state index contributed by atoms with van der Waals surface area (Å²) in [5.74, 6) is -3.80. The minimum Gasteiger partial charge on any atom is -0.352 e. The molecule has 0 saturated carbocycles. The molecule has 244 valence electrons. The van der Waals surface area contributed by atoms with Crippen molar-refractivity contribution in [3.63, 3.8) is 0 Å². The highest BCUT2D eigenvalue weighted by Gasteiger charge is 2.41. The summed E-state index contributed by atoms with van der Waals surface area (Å²) in [7, 11) is 0. The first-order valence-corrected chi connectivity index (χ1v) is 16.0. The molecule has 0 unspecified atom stereocenters. The van der Waals surface area contributed by atoms with E-state index >= 15 is 0 Å². The number of aromatic nitrogens is 2. The van der Waals surface area contributed by atoms with Crippen LogP contribution in [0.4, 0.5) is 32.2 Å². The van der Waals surface area contributed by atoms with Gasteiger partial charge in [-0.3, -0.25) is 9.36 Å². The van der Waals surface area contributed by atoms with Gasteiger partial charge in [0.15, 0.2) is 0 Å². The van der Waals surface area contributed by atoms with Crippen molar-refractivity contribution in [1.82, 2.24) is 14.5 Å². The van der Waals surface area contributed by atoms with Crippen LogP contribution in [0, 0.1) is 5.82 Å². The number of hydrogen-bond acceptors (Lipinski definition) is 5. The predicted molar refractivity (Wildman–Crippen MR) is 166 cm³/mol. The number of benzene rings is 2. The number of anilines is 1. The first kappa shape index (κ1) is 32.2. The van der Waals surface area contributed by atoms with Gasteiger partial charge < -0.3 is 9.80 Å². The normalized spacial score (nSPS) is 23.2. The number of halogens is 6. The summed E-state index contributed by atoms with van der Waals surface area (Å²) in [5, 5.41) is 0.113. The van der Waals surface area contributed by atoms with Crippen LogP contribution < -0.4 is 10.6 Å². The van der Waals surface area contributed by atoms with Crippen molar-refractivity contribution in [1.29, 1.82) is 0 Å². The molecule has 6 nitrogen and oxygen atoms in total. The number of thioether (sulfide) groups is 1. The van der Waals surface area contributed by atoms with E-state index in [1.165, 1.54) is 28.9 Å². The molecule has 2 aromatic carbocycles. The standard InChI is InChI=1S/C33H32F6N4O2S/c1-4-26(44)43-18(2)14-41(15-19(43)3)30-24-13-25(33(37,38)39)27(21-9-11-32(35,36)12-10-21)29-28(24)42(31(45)40-30)16-22(17-46-29)20-5-7-23(34)8-6-20/h4-9,13,18-19,22H,1,10-12,14-17H2,2-3H3/t18-,19+,22-/m0/s1. The minimum absolute atomic E-state index is 0.0731. The largest absolute Gasteiger partial charge is 0.417 e. The third-order valence-corrected chi connectivity index (χ3v) is 10.3. The average Bonchev–Trinajstić information content (AvgIpc) is 3.19. The molecule has 1 saturated heterocycles. The lowest BCUT2D eigenvalue weighted by Crippen LogP contribution is -2.58. The number of rotatable bonds is 4. The molecule has 13 heteroatoms. The van der Waals surface area contributed by atoms with Crippen molar-refractivity contribution < 1.29 is 31.1 Å². The van der Waals surface area contributed by atoms with Crippen LogP contribution in [0.3, 0.4) is 0 Å². The van der Waals surface area contributed by atoms with Gasteiger partial charge in [0, 0.05) is 72.1 Å². The fourth-order valence-electron chi connectivity index (χ4n) is 6.94. The molecule has 1 fully saturated rings. The van der Waals surface area contributed by atoms with Gasteiger partial charge in [-0.05, 0) is 55.7 Å². The third kappa shape index (κ3) is 5.82. The van der Waals surface area contributed by atoms with E-state index in [0.29, 0.717) is 5.56 Å². The molecule has 3 aromatic rings. The second-order valence-electron chi connectivity index (χ2n) is 12.3. The first-order chi connectivity index (χ1) is 21.7. The van der Waals surface area contributed by atoms with E-state index in [1.54, 1.807) is 35.8 Å². The van der Waals surface area contributed by atoms with Crippen LogP contribution >= 0.6 is 11.8 Å². The zero-order valence-corrected chi connectivity index (χ0v) is 26.0. The van der Waals surface area contributed by atoms with Crippen molar-refractivity contribution >= 4 is 40.0 Å². The monoisotopic (exact) mass is 662 g/mol. The van der Waals surface area contributed by atoms with Gasteiger partial charge >= 0.3 is 11.9 Å². The first-order valence-electron chi connectivity index (χ1n) is 15.0. The Morgan fingerprint density at radius 1 is 1.11 bits per heavy atom. The molecule has 2 aliphatic heterocycles. The Balaban J connectivity index is 1.60. The lowest BCUT2D eigenvalue weighted by atomic mass is 9.87. The molecule has 46 heavy (non-hydrogen) atoms. The van der Waals surface area contributed by atoms with Crippen LogP contribution in [-0.4, -0.2) is 57.2 Å². The Bertz CT molecular complexity index is 1790. The van der Waals surface area contributed by atoms with Gasteiger partial charge in [-0.15, -0.1) is 11.8 Å². The molecule has 1 aliphatic carbocycles. The van der Waals surface area contributed by atoms with Crippen molar-refractivity contribution in [2.24, 2.45) is 0 Å². The predicted octanol–water partition coefficient (Wildman–Crippen LogP) is 7.26. The Morgan fingerprint density at radius 2 is 1.78 bits per heavy atom. The quantitative estimate of drug-likeness (QED) is 0.218. The fourth-order valence-corrected chi connectivity index (χ4v) is 8.34. The summed E-state index contributed by atoms with van der Waals surface area (Å²) in [6.45, 7) is 7.67. The van der Waals surface area contributed by atoms with Gasteiger partial charge in [-0.25, -0.2) is 18.0 Å². The zero-order chi connectivity index (χ0) is 33.1. The maximum atomic E-state index is 15.0. The average molecular weight is 663 g/mol. The number of carbonyl (C=O) groups is 1. The van der Waals surface area contributed by atoms with Crippen molar-refractivity contribution in [2.75, 3.05) is 23.7 Å². The zero-order valence-electron chi connectivity index (χ0n) is 25.2. The Labute approximate surface area is 265 Å². The Hall–Kier alpha value is -3.74. The lowest BCUT2D eigenvalue weighted by Gasteiger charge is -2.44. The summed E-state index contributed by atoms with van der Waals surface area (Å²) in [6.07, 6.45) is -3.98. The molecule has 1 amide bonds. The van der Waals surface area contributed by atoms with Gasteiger partial charge in [0.05, 0.1) is 11.1 Å². The molecular weight excluding hydrogens is 630 g/mol. The lowest BCUT2D eigenvalue weighted by molar-refractivity contribution is -0.138. The van der Waals surface area contributed by atoms with E-state index in [1.807, 2.05) is 0 Å². The second kappa shape index (κ2) is 11.8. The molecule has 3 aliphatic rings. The maximum Gasteiger partial charge on any atom is 0.417 e. The third-order valence-electron chi connectivity index (χ3n) is 9.05. The van der Waals surface area contributed by atoms with Crippen LogP contribution in [-0.2, 0) is 17.5 Å². The van der Waals surface area contributed by atoms with Crippen LogP contribution in [0.5, 0.6) is 0 Å². The Kier molecular flexibility index (Phi) is 8.27. The van der Waals surface area contributed by atoms with Gasteiger partial charge in [0.25, 0.3) is 5.92 Å². The molecule has 1 aromatic heterocycles. The number of piperazine rings is 1. The molecular formula is C33H32F6N4O2S. The number of carbonyl (C=O) groups excluding carboxylic acids is 1.